The minimum Gasteiger partial charge on any atom is -0.409 e. The maximum Gasteiger partial charge on any atom is 0.144 e. The van der Waals surface area contributed by atoms with E-state index in [-0.39, 0.29) is 5.41 Å². The number of rotatable bonds is 7. The molecule has 0 heterocycles. The zero-order valence-corrected chi connectivity index (χ0v) is 10.4. The van der Waals surface area contributed by atoms with Gasteiger partial charge in [-0.25, -0.2) is 0 Å². The predicted molar refractivity (Wildman–Crippen MR) is 64.6 cm³/mol. The lowest BCUT2D eigenvalue weighted by molar-refractivity contribution is 0.000250. The number of ether oxygens (including phenoxy) is 1. The molecule has 0 aromatic carbocycles. The lowest BCUT2D eigenvalue weighted by atomic mass is 9.86. The van der Waals surface area contributed by atoms with Gasteiger partial charge in [0.2, 0.25) is 0 Å². The van der Waals surface area contributed by atoms with Crippen LogP contribution in [0.25, 0.3) is 0 Å². The predicted octanol–water partition coefficient (Wildman–Crippen LogP) is 2.50. The Morgan fingerprint density at radius 3 is 2.62 bits per heavy atom. The third kappa shape index (κ3) is 4.00. The molecule has 0 spiro atoms. The van der Waals surface area contributed by atoms with Gasteiger partial charge in [0.15, 0.2) is 0 Å². The van der Waals surface area contributed by atoms with E-state index >= 15 is 0 Å². The van der Waals surface area contributed by atoms with Crippen molar-refractivity contribution in [1.82, 2.24) is 0 Å². The van der Waals surface area contributed by atoms with Gasteiger partial charge in [0, 0.05) is 12.0 Å². The van der Waals surface area contributed by atoms with Crippen LogP contribution in [0.1, 0.15) is 52.4 Å². The highest BCUT2D eigenvalue weighted by atomic mass is 16.5. The molecule has 16 heavy (non-hydrogen) atoms. The van der Waals surface area contributed by atoms with Crippen LogP contribution in [-0.2, 0) is 4.74 Å². The first-order chi connectivity index (χ1) is 7.56. The number of oxime groups is 1. The Balaban J connectivity index is 2.05. The van der Waals surface area contributed by atoms with Crippen molar-refractivity contribution >= 4 is 5.84 Å². The number of nitrogens with two attached hydrogens (primary N) is 1. The van der Waals surface area contributed by atoms with E-state index in [2.05, 4.69) is 5.16 Å². The topological polar surface area (TPSA) is 67.8 Å². The van der Waals surface area contributed by atoms with Crippen molar-refractivity contribution in [2.45, 2.75) is 58.5 Å². The lowest BCUT2D eigenvalue weighted by Crippen LogP contribution is -2.31. The second kappa shape index (κ2) is 6.09. The smallest absolute Gasteiger partial charge is 0.144 e. The number of nitrogens with zero attached hydrogens (tertiary/aromatic N) is 1. The molecule has 1 saturated carbocycles. The molecule has 1 aliphatic carbocycles. The summed E-state index contributed by atoms with van der Waals surface area (Å²) < 4.78 is 5.67. The third-order valence-electron chi connectivity index (χ3n) is 3.40. The molecule has 0 aromatic heterocycles. The molecule has 0 saturated heterocycles. The van der Waals surface area contributed by atoms with Crippen molar-refractivity contribution in [1.29, 1.82) is 0 Å². The van der Waals surface area contributed by atoms with Crippen molar-refractivity contribution in [2.24, 2.45) is 16.3 Å². The number of hydrogen-bond acceptors (Lipinski definition) is 3. The monoisotopic (exact) mass is 228 g/mol. The normalized spacial score (nSPS) is 18.5. The van der Waals surface area contributed by atoms with Crippen LogP contribution in [-0.4, -0.2) is 23.8 Å². The summed E-state index contributed by atoms with van der Waals surface area (Å²) in [4.78, 5) is 0. The zero-order valence-electron chi connectivity index (χ0n) is 10.4. The van der Waals surface area contributed by atoms with Gasteiger partial charge in [0.1, 0.15) is 5.84 Å². The molecular formula is C12H24N2O2. The van der Waals surface area contributed by atoms with Gasteiger partial charge in [0.05, 0.1) is 6.10 Å². The fourth-order valence-corrected chi connectivity index (χ4v) is 1.72. The molecule has 4 nitrogen and oxygen atoms in total. The van der Waals surface area contributed by atoms with Crippen LogP contribution in [0.2, 0.25) is 0 Å². The fourth-order valence-electron chi connectivity index (χ4n) is 1.72. The van der Waals surface area contributed by atoms with E-state index in [1.54, 1.807) is 0 Å². The molecule has 4 heteroatoms. The molecule has 0 radical (unpaired) electrons. The molecule has 0 aliphatic heterocycles. The molecule has 1 fully saturated rings. The van der Waals surface area contributed by atoms with E-state index in [1.807, 2.05) is 13.8 Å². The Labute approximate surface area is 97.8 Å². The van der Waals surface area contributed by atoms with E-state index in [0.29, 0.717) is 11.9 Å². The fraction of sp³-hybridized carbons (Fsp3) is 0.917. The van der Waals surface area contributed by atoms with Gasteiger partial charge in [-0.05, 0) is 32.1 Å². The highest BCUT2D eigenvalue weighted by molar-refractivity contribution is 5.85. The molecule has 0 atom stereocenters. The van der Waals surface area contributed by atoms with Gasteiger partial charge in [-0.1, -0.05) is 25.4 Å². The van der Waals surface area contributed by atoms with Gasteiger partial charge in [-0.2, -0.15) is 0 Å². The van der Waals surface area contributed by atoms with Crippen molar-refractivity contribution in [3.05, 3.63) is 0 Å². The molecule has 1 aliphatic rings. The summed E-state index contributed by atoms with van der Waals surface area (Å²) in [5.41, 5.74) is 5.40. The van der Waals surface area contributed by atoms with Crippen LogP contribution >= 0.6 is 0 Å². The quantitative estimate of drug-likeness (QED) is 0.231. The second-order valence-electron chi connectivity index (χ2n) is 5.25. The molecule has 0 amide bonds. The summed E-state index contributed by atoms with van der Waals surface area (Å²) in [7, 11) is 0. The average molecular weight is 228 g/mol. The molecule has 3 N–H and O–H groups in total. The van der Waals surface area contributed by atoms with Gasteiger partial charge in [-0.15, -0.1) is 0 Å². The average Bonchev–Trinajstić information content (AvgIpc) is 2.19. The molecular weight excluding hydrogens is 204 g/mol. The van der Waals surface area contributed by atoms with Gasteiger partial charge in [-0.3, -0.25) is 0 Å². The Hall–Kier alpha value is -0.770. The molecule has 1 rings (SSSR count). The minimum absolute atomic E-state index is 0.217. The van der Waals surface area contributed by atoms with Crippen LogP contribution < -0.4 is 5.73 Å². The van der Waals surface area contributed by atoms with E-state index in [9.17, 15) is 0 Å². The maximum atomic E-state index is 8.62. The standard InChI is InChI=1S/C12H24N2O2/c1-12(2,11(13)14-15)8-3-4-9-16-10-6-5-7-10/h10,15H,3-9H2,1-2H3,(H2,13,14). The number of unbranched alkanes of at least 4 members (excludes halogenated alkanes) is 1. The first kappa shape index (κ1) is 13.3. The second-order valence-corrected chi connectivity index (χ2v) is 5.25. The maximum absolute atomic E-state index is 8.62. The molecule has 0 aromatic rings. The van der Waals surface area contributed by atoms with E-state index < -0.39 is 0 Å². The van der Waals surface area contributed by atoms with Crippen molar-refractivity contribution in [3.63, 3.8) is 0 Å². The summed E-state index contributed by atoms with van der Waals surface area (Å²) in [6.07, 6.45) is 7.34. The van der Waals surface area contributed by atoms with Crippen molar-refractivity contribution in [2.75, 3.05) is 6.61 Å². The van der Waals surface area contributed by atoms with Crippen molar-refractivity contribution < 1.29 is 9.94 Å². The van der Waals surface area contributed by atoms with Crippen LogP contribution in [0, 0.1) is 5.41 Å². The Bertz CT molecular complexity index is 235. The van der Waals surface area contributed by atoms with Gasteiger partial charge >= 0.3 is 0 Å². The first-order valence-electron chi connectivity index (χ1n) is 6.16. The lowest BCUT2D eigenvalue weighted by Gasteiger charge is -2.26. The summed E-state index contributed by atoms with van der Waals surface area (Å²) in [6.45, 7) is 4.83. The summed E-state index contributed by atoms with van der Waals surface area (Å²) in [5, 5.41) is 11.7. The summed E-state index contributed by atoms with van der Waals surface area (Å²) in [5.74, 6) is 0.312. The largest absolute Gasteiger partial charge is 0.409 e. The van der Waals surface area contributed by atoms with E-state index in [0.717, 1.165) is 25.9 Å². The SMILES string of the molecule is CC(C)(CCCCOC1CCC1)C(N)=NO. The van der Waals surface area contributed by atoms with Gasteiger partial charge in [0.25, 0.3) is 0 Å². The highest BCUT2D eigenvalue weighted by Crippen LogP contribution is 2.25. The van der Waals surface area contributed by atoms with Gasteiger partial charge < -0.3 is 15.7 Å². The minimum atomic E-state index is -0.217. The summed E-state index contributed by atoms with van der Waals surface area (Å²) >= 11 is 0. The Kier molecular flexibility index (Phi) is 5.06. The Morgan fingerprint density at radius 2 is 2.12 bits per heavy atom. The Morgan fingerprint density at radius 1 is 1.44 bits per heavy atom. The summed E-state index contributed by atoms with van der Waals surface area (Å²) in [6, 6.07) is 0. The first-order valence-corrected chi connectivity index (χ1v) is 6.16. The van der Waals surface area contributed by atoms with Crippen LogP contribution in [0.4, 0.5) is 0 Å². The van der Waals surface area contributed by atoms with E-state index in [1.165, 1.54) is 19.3 Å². The highest BCUT2D eigenvalue weighted by Gasteiger charge is 2.23. The van der Waals surface area contributed by atoms with Crippen LogP contribution in [0.15, 0.2) is 5.16 Å². The van der Waals surface area contributed by atoms with Crippen LogP contribution in [0.3, 0.4) is 0 Å². The molecule has 94 valence electrons. The van der Waals surface area contributed by atoms with Crippen LogP contribution in [0.5, 0.6) is 0 Å². The van der Waals surface area contributed by atoms with E-state index in [4.69, 9.17) is 15.7 Å². The third-order valence-corrected chi connectivity index (χ3v) is 3.40. The van der Waals surface area contributed by atoms with Crippen molar-refractivity contribution in [3.8, 4) is 0 Å². The molecule has 0 unspecified atom stereocenters. The number of hydrogen-bond donors (Lipinski definition) is 2. The number of amidine groups is 1. The zero-order chi connectivity index (χ0) is 12.0. The molecule has 0 bridgehead atoms.